The van der Waals surface area contributed by atoms with Crippen LogP contribution in [0.3, 0.4) is 0 Å². The zero-order valence-electron chi connectivity index (χ0n) is 17.6. The average Bonchev–Trinajstić information content (AvgIpc) is 2.75. The van der Waals surface area contributed by atoms with Crippen molar-refractivity contribution in [2.45, 2.75) is 75.9 Å². The van der Waals surface area contributed by atoms with Gasteiger partial charge in [-0.3, -0.25) is 4.79 Å². The Balaban J connectivity index is 1.57. The predicted octanol–water partition coefficient (Wildman–Crippen LogP) is 5.46. The minimum Gasteiger partial charge on any atom is -0.481 e. The van der Waals surface area contributed by atoms with Gasteiger partial charge in [0.2, 0.25) is 0 Å². The van der Waals surface area contributed by atoms with Gasteiger partial charge in [-0.05, 0) is 43.9 Å². The van der Waals surface area contributed by atoms with Crippen LogP contribution in [0, 0.1) is 17.8 Å². The molecule has 2 fully saturated rings. The first-order valence-corrected chi connectivity index (χ1v) is 14.0. The number of unbranched alkanes of at least 4 members (excludes halogenated alkanes) is 2. The molecule has 3 nitrogen and oxygen atoms in total. The molecule has 4 heteroatoms. The first kappa shape index (κ1) is 21.6. The van der Waals surface area contributed by atoms with E-state index in [2.05, 4.69) is 30.3 Å². The van der Waals surface area contributed by atoms with Crippen molar-refractivity contribution in [1.82, 2.24) is 0 Å². The lowest BCUT2D eigenvalue weighted by Crippen LogP contribution is -2.50. The van der Waals surface area contributed by atoms with Crippen molar-refractivity contribution in [1.29, 1.82) is 0 Å². The van der Waals surface area contributed by atoms with Gasteiger partial charge in [0, 0.05) is 13.7 Å². The summed E-state index contributed by atoms with van der Waals surface area (Å²) in [5, 5.41) is 10.9. The highest BCUT2D eigenvalue weighted by Gasteiger charge is 2.41. The molecule has 0 bridgehead atoms. The lowest BCUT2D eigenvalue weighted by Gasteiger charge is -2.43. The summed E-state index contributed by atoms with van der Waals surface area (Å²) in [5.74, 6) is 0.962. The molecule has 0 unspecified atom stereocenters. The van der Waals surface area contributed by atoms with Gasteiger partial charge in [-0.2, -0.15) is 0 Å². The highest BCUT2D eigenvalue weighted by atomic mass is 28.3. The van der Waals surface area contributed by atoms with Gasteiger partial charge in [-0.15, -0.1) is 0 Å². The molecule has 1 aromatic carbocycles. The number of rotatable bonds is 9. The summed E-state index contributed by atoms with van der Waals surface area (Å²) in [6.07, 6.45) is 10.6. The molecular weight excluding hydrogens is 364 g/mol. The molecule has 0 amide bonds. The molecule has 1 saturated heterocycles. The standard InChI is InChI=1S/C24H38O3Si/c1-27-16-6-3-7-17-28(23-8-4-2-5-9-23)18-14-21(15-19-28)20-10-12-22(13-11-20)24(25)26/h2,4-5,8-9,20-22H,3,6-7,10-19H2,1H3,(H,25,26). The second-order valence-electron chi connectivity index (χ2n) is 9.24. The van der Waals surface area contributed by atoms with Crippen molar-refractivity contribution in [3.8, 4) is 0 Å². The van der Waals surface area contributed by atoms with Gasteiger partial charge in [-0.25, -0.2) is 0 Å². The summed E-state index contributed by atoms with van der Waals surface area (Å²) in [6, 6.07) is 15.7. The Kier molecular flexibility index (Phi) is 8.16. The van der Waals surface area contributed by atoms with E-state index >= 15 is 0 Å². The smallest absolute Gasteiger partial charge is 0.306 e. The van der Waals surface area contributed by atoms with Gasteiger partial charge in [0.25, 0.3) is 0 Å². The van der Waals surface area contributed by atoms with Crippen LogP contribution >= 0.6 is 0 Å². The van der Waals surface area contributed by atoms with E-state index in [1.807, 2.05) is 0 Å². The van der Waals surface area contributed by atoms with Crippen molar-refractivity contribution in [2.75, 3.05) is 13.7 Å². The largest absolute Gasteiger partial charge is 0.481 e. The molecule has 0 radical (unpaired) electrons. The van der Waals surface area contributed by atoms with E-state index in [9.17, 15) is 9.90 Å². The first-order chi connectivity index (χ1) is 13.6. The minimum atomic E-state index is -1.39. The molecule has 3 rings (SSSR count). The molecular formula is C24H38O3Si. The monoisotopic (exact) mass is 402 g/mol. The van der Waals surface area contributed by atoms with Crippen LogP contribution in [0.1, 0.15) is 57.8 Å². The number of carbonyl (C=O) groups is 1. The maximum atomic E-state index is 11.2. The second kappa shape index (κ2) is 10.6. The van der Waals surface area contributed by atoms with Gasteiger partial charge in [0.1, 0.15) is 0 Å². The third-order valence-electron chi connectivity index (χ3n) is 7.67. The Morgan fingerprint density at radius 3 is 2.21 bits per heavy atom. The van der Waals surface area contributed by atoms with Crippen molar-refractivity contribution in [3.63, 3.8) is 0 Å². The molecule has 1 aliphatic heterocycles. The Morgan fingerprint density at radius 1 is 0.964 bits per heavy atom. The second-order valence-corrected chi connectivity index (χ2v) is 13.9. The highest BCUT2D eigenvalue weighted by Crippen LogP contribution is 2.44. The summed E-state index contributed by atoms with van der Waals surface area (Å²) in [7, 11) is 0.406. The lowest BCUT2D eigenvalue weighted by atomic mass is 9.74. The fourth-order valence-corrected chi connectivity index (χ4v) is 11.2. The van der Waals surface area contributed by atoms with E-state index in [0.717, 1.165) is 44.1 Å². The third-order valence-corrected chi connectivity index (χ3v) is 13.0. The molecule has 28 heavy (non-hydrogen) atoms. The predicted molar refractivity (Wildman–Crippen MR) is 118 cm³/mol. The zero-order chi connectivity index (χ0) is 19.8. The molecule has 1 aromatic rings. The van der Waals surface area contributed by atoms with Crippen LogP contribution in [0.5, 0.6) is 0 Å². The number of methoxy groups -OCH3 is 1. The van der Waals surface area contributed by atoms with Crippen LogP contribution < -0.4 is 5.19 Å². The van der Waals surface area contributed by atoms with Crippen LogP contribution in [0.4, 0.5) is 0 Å². The SMILES string of the molecule is COCCCCC[Si]1(c2ccccc2)CCC(C2CCC(C(=O)O)CC2)CC1. The van der Waals surface area contributed by atoms with E-state index in [0.29, 0.717) is 0 Å². The maximum Gasteiger partial charge on any atom is 0.306 e. The van der Waals surface area contributed by atoms with Gasteiger partial charge in [0.05, 0.1) is 14.0 Å². The number of hydrogen-bond acceptors (Lipinski definition) is 2. The van der Waals surface area contributed by atoms with Crippen molar-refractivity contribution in [3.05, 3.63) is 30.3 Å². The number of benzene rings is 1. The molecule has 1 heterocycles. The Bertz CT molecular complexity index is 587. The van der Waals surface area contributed by atoms with Crippen molar-refractivity contribution >= 4 is 19.2 Å². The molecule has 2 aliphatic rings. The molecule has 1 saturated carbocycles. The zero-order valence-corrected chi connectivity index (χ0v) is 18.6. The molecule has 156 valence electrons. The average molecular weight is 403 g/mol. The van der Waals surface area contributed by atoms with E-state index in [1.54, 1.807) is 12.3 Å². The van der Waals surface area contributed by atoms with Crippen molar-refractivity contribution < 1.29 is 14.6 Å². The topological polar surface area (TPSA) is 46.5 Å². The molecule has 1 aliphatic carbocycles. The molecule has 0 aromatic heterocycles. The fourth-order valence-electron chi connectivity index (χ4n) is 5.86. The van der Waals surface area contributed by atoms with E-state index < -0.39 is 14.0 Å². The number of carboxylic acids is 1. The summed E-state index contributed by atoms with van der Waals surface area (Å²) >= 11 is 0. The Hall–Kier alpha value is -1.13. The number of hydrogen-bond donors (Lipinski definition) is 1. The first-order valence-electron chi connectivity index (χ1n) is 11.4. The number of aliphatic carboxylic acids is 1. The third kappa shape index (κ3) is 5.47. The van der Waals surface area contributed by atoms with Crippen molar-refractivity contribution in [2.24, 2.45) is 17.8 Å². The van der Waals surface area contributed by atoms with Gasteiger partial charge in [0.15, 0.2) is 0 Å². The minimum absolute atomic E-state index is 0.0790. The molecule has 1 N–H and O–H groups in total. The summed E-state index contributed by atoms with van der Waals surface area (Å²) in [6.45, 7) is 0.890. The molecule has 0 atom stereocenters. The number of carboxylic acid groups (broad SMARTS) is 1. The van der Waals surface area contributed by atoms with Crippen LogP contribution in [0.2, 0.25) is 18.1 Å². The van der Waals surface area contributed by atoms with Crippen LogP contribution in [0.15, 0.2) is 30.3 Å². The van der Waals surface area contributed by atoms with Gasteiger partial charge in [-0.1, -0.05) is 79.3 Å². The highest BCUT2D eigenvalue weighted by molar-refractivity contribution is 6.92. The molecule has 0 spiro atoms. The van der Waals surface area contributed by atoms with Crippen LogP contribution in [-0.4, -0.2) is 32.9 Å². The lowest BCUT2D eigenvalue weighted by molar-refractivity contribution is -0.143. The summed E-state index contributed by atoms with van der Waals surface area (Å²) < 4.78 is 5.22. The summed E-state index contributed by atoms with van der Waals surface area (Å²) in [4.78, 5) is 11.2. The quantitative estimate of drug-likeness (QED) is 0.441. The summed E-state index contributed by atoms with van der Waals surface area (Å²) in [5.41, 5.74) is 0. The Labute approximate surface area is 171 Å². The van der Waals surface area contributed by atoms with Gasteiger partial charge >= 0.3 is 5.97 Å². The van der Waals surface area contributed by atoms with Crippen LogP contribution in [-0.2, 0) is 9.53 Å². The Morgan fingerprint density at radius 2 is 1.61 bits per heavy atom. The van der Waals surface area contributed by atoms with Crippen LogP contribution in [0.25, 0.3) is 0 Å². The van der Waals surface area contributed by atoms with E-state index in [1.165, 1.54) is 50.2 Å². The van der Waals surface area contributed by atoms with E-state index in [-0.39, 0.29) is 5.92 Å². The maximum absolute atomic E-state index is 11.2. The fraction of sp³-hybridized carbons (Fsp3) is 0.708. The number of ether oxygens (including phenoxy) is 1. The van der Waals surface area contributed by atoms with Gasteiger partial charge < -0.3 is 9.84 Å². The normalized spacial score (nSPS) is 30.8. The van der Waals surface area contributed by atoms with E-state index in [4.69, 9.17) is 4.74 Å².